The number of allylic oxidation sites excluding steroid dienone is 2. The second-order valence-electron chi connectivity index (χ2n) is 16.1. The maximum atomic E-state index is 15.4. The Kier molecular flexibility index (Phi) is 10.3. The van der Waals surface area contributed by atoms with Gasteiger partial charge in [-0.05, 0) is 90.6 Å². The molecule has 2 aliphatic carbocycles. The fourth-order valence-electron chi connectivity index (χ4n) is 9.92. The maximum Gasteiger partial charge on any atom is 0.416 e. The fourth-order valence-corrected chi connectivity index (χ4v) is 10.0. The van der Waals surface area contributed by atoms with Crippen molar-refractivity contribution in [1.82, 2.24) is 5.01 Å². The topological polar surface area (TPSA) is 116 Å². The van der Waals surface area contributed by atoms with Gasteiger partial charge in [-0.2, -0.15) is 31.4 Å². The quantitative estimate of drug-likeness (QED) is 0.0905. The molecule has 6 unspecified atom stereocenters. The van der Waals surface area contributed by atoms with Crippen molar-refractivity contribution in [3.8, 4) is 11.5 Å². The van der Waals surface area contributed by atoms with Gasteiger partial charge in [-0.1, -0.05) is 71.8 Å². The molecule has 5 aromatic carbocycles. The number of carbonyl (C=O) groups is 4. The van der Waals surface area contributed by atoms with E-state index in [0.717, 1.165) is 22.7 Å². The Hall–Kier alpha value is -6.68. The molecule has 2 saturated heterocycles. The number of amides is 4. The van der Waals surface area contributed by atoms with Crippen LogP contribution in [0.1, 0.15) is 46.6 Å². The van der Waals surface area contributed by atoms with Crippen molar-refractivity contribution in [2.24, 2.45) is 23.7 Å². The van der Waals surface area contributed by atoms with E-state index in [-0.39, 0.29) is 58.9 Å². The number of ether oxygens (including phenoxy) is 1. The lowest BCUT2D eigenvalue weighted by Gasteiger charge is -2.50. The van der Waals surface area contributed by atoms with Gasteiger partial charge < -0.3 is 9.84 Å². The highest BCUT2D eigenvalue weighted by Crippen LogP contribution is 2.65. The monoisotopic (exact) mass is 903 g/mol. The van der Waals surface area contributed by atoms with E-state index in [1.165, 1.54) is 36.4 Å². The van der Waals surface area contributed by atoms with Gasteiger partial charge in [0, 0.05) is 22.6 Å². The number of anilines is 2. The number of phenolic OH excluding ortho intramolecular Hbond substituents is 1. The predicted molar refractivity (Wildman–Crippen MR) is 217 cm³/mol. The van der Waals surface area contributed by atoms with Crippen molar-refractivity contribution in [3.63, 3.8) is 0 Å². The molecule has 2 N–H and O–H groups in total. The predicted octanol–water partition coefficient (Wildman–Crippen LogP) is 9.99. The summed E-state index contributed by atoms with van der Waals surface area (Å²) in [6.45, 7) is 0.121. The van der Waals surface area contributed by atoms with Gasteiger partial charge in [0.2, 0.25) is 11.8 Å². The summed E-state index contributed by atoms with van der Waals surface area (Å²) in [5.41, 5.74) is -1.83. The van der Waals surface area contributed by atoms with Crippen LogP contribution in [0.2, 0.25) is 5.02 Å². The molecule has 4 aliphatic rings. The van der Waals surface area contributed by atoms with E-state index in [4.69, 9.17) is 16.3 Å². The Bertz CT molecular complexity index is 2710. The van der Waals surface area contributed by atoms with Crippen LogP contribution in [0.25, 0.3) is 0 Å². The molecule has 2 heterocycles. The number of nitrogens with zero attached hydrogens (tertiary/aromatic N) is 2. The fraction of sp³-hybridized carbons (Fsp3) is 0.234. The average Bonchev–Trinajstić information content (AvgIpc) is 3.64. The second kappa shape index (κ2) is 15.5. The zero-order valence-electron chi connectivity index (χ0n) is 33.0. The van der Waals surface area contributed by atoms with Crippen molar-refractivity contribution >= 4 is 46.6 Å². The SMILES string of the molecule is O=C1C2CC3C(=CCC4C(=O)N(c5cc(C(F)(F)F)cc(C(F)(F)F)c5)C(=O)C43)C(c3ccc(OCc4ccccc4)cc3O)C2(c2ccc(Cl)cc2)C(=O)N1Nc1ccc(F)cc1. The van der Waals surface area contributed by atoms with Crippen LogP contribution in [-0.4, -0.2) is 33.7 Å². The Balaban J connectivity index is 1.20. The summed E-state index contributed by atoms with van der Waals surface area (Å²) >= 11 is 6.34. The highest BCUT2D eigenvalue weighted by atomic mass is 35.5. The van der Waals surface area contributed by atoms with Crippen LogP contribution in [0.3, 0.4) is 0 Å². The molecule has 64 heavy (non-hydrogen) atoms. The van der Waals surface area contributed by atoms with Gasteiger partial charge in [0.25, 0.3) is 11.8 Å². The Morgan fingerprint density at radius 3 is 2.05 bits per heavy atom. The van der Waals surface area contributed by atoms with Crippen LogP contribution in [0.4, 0.5) is 42.1 Å². The van der Waals surface area contributed by atoms with Gasteiger partial charge in [-0.3, -0.25) is 24.6 Å². The number of alkyl halides is 6. The number of fused-ring (bicyclic) bond motifs is 4. The van der Waals surface area contributed by atoms with Crippen LogP contribution in [0.5, 0.6) is 11.5 Å². The summed E-state index contributed by atoms with van der Waals surface area (Å²) in [4.78, 5) is 59.5. The van der Waals surface area contributed by atoms with Crippen molar-refractivity contribution in [1.29, 1.82) is 0 Å². The number of aromatic hydroxyl groups is 1. The molecular formula is C47H33ClF7N3O6. The number of rotatable bonds is 8. The normalized spacial score (nSPS) is 24.3. The first kappa shape index (κ1) is 42.6. The standard InChI is InChI=1S/C47H33ClF7N3O6/c48-28-8-6-25(7-9-28)45-37(42(61)58(44(45)63)56-30-12-10-29(49)11-13-30)22-36-33(40(45)34-15-14-32(21-38(34)59)64-23-24-4-2-1-3-5-24)16-17-35-39(36)43(62)57(41(35)60)31-19-26(46(50,51)52)18-27(20-31)47(53,54)55/h1-16,18-21,35-37,39-40,56,59H,17,22-23H2. The Morgan fingerprint density at radius 1 is 0.766 bits per heavy atom. The molecule has 2 aliphatic heterocycles. The summed E-state index contributed by atoms with van der Waals surface area (Å²) in [7, 11) is 0. The number of hydrogen-bond acceptors (Lipinski definition) is 7. The first-order valence-electron chi connectivity index (χ1n) is 19.9. The zero-order valence-corrected chi connectivity index (χ0v) is 33.7. The minimum atomic E-state index is -5.28. The number of nitrogens with one attached hydrogen (secondary N) is 1. The minimum absolute atomic E-state index is 0.104. The van der Waals surface area contributed by atoms with Crippen molar-refractivity contribution in [3.05, 3.63) is 166 Å². The van der Waals surface area contributed by atoms with Gasteiger partial charge in [-0.25, -0.2) is 9.29 Å². The lowest BCUT2D eigenvalue weighted by molar-refractivity contribution is -0.143. The van der Waals surface area contributed by atoms with E-state index in [9.17, 15) is 50.2 Å². The third kappa shape index (κ3) is 7.04. The molecule has 5 aromatic rings. The van der Waals surface area contributed by atoms with Gasteiger partial charge >= 0.3 is 12.4 Å². The summed E-state index contributed by atoms with van der Waals surface area (Å²) in [6.07, 6.45) is -9.50. The van der Waals surface area contributed by atoms with Crippen LogP contribution < -0.4 is 15.1 Å². The number of carbonyl (C=O) groups excluding carboxylic acids is 4. The lowest BCUT2D eigenvalue weighted by Crippen LogP contribution is -2.53. The van der Waals surface area contributed by atoms with Gasteiger partial charge in [0.05, 0.1) is 45.7 Å². The number of benzene rings is 5. The third-order valence-corrected chi connectivity index (χ3v) is 12.9. The molecule has 0 radical (unpaired) electrons. The van der Waals surface area contributed by atoms with E-state index in [2.05, 4.69) is 5.43 Å². The molecule has 0 bridgehead atoms. The highest BCUT2D eigenvalue weighted by molar-refractivity contribution is 6.30. The number of phenols is 1. The van der Waals surface area contributed by atoms with E-state index in [1.54, 1.807) is 24.3 Å². The molecule has 0 aromatic heterocycles. The first-order chi connectivity index (χ1) is 30.4. The molecule has 1 saturated carbocycles. The minimum Gasteiger partial charge on any atom is -0.508 e. The number of halogens is 8. The van der Waals surface area contributed by atoms with Gasteiger partial charge in [-0.15, -0.1) is 0 Å². The van der Waals surface area contributed by atoms with Crippen LogP contribution in [0.15, 0.2) is 127 Å². The molecule has 328 valence electrons. The Labute approximate surface area is 364 Å². The Morgan fingerprint density at radius 2 is 1.42 bits per heavy atom. The lowest BCUT2D eigenvalue weighted by atomic mass is 9.49. The molecular weight excluding hydrogens is 871 g/mol. The number of hydrazine groups is 1. The molecule has 4 amide bonds. The van der Waals surface area contributed by atoms with Crippen LogP contribution in [-0.2, 0) is 43.6 Å². The molecule has 9 nitrogen and oxygen atoms in total. The second-order valence-corrected chi connectivity index (χ2v) is 16.6. The van der Waals surface area contributed by atoms with Crippen LogP contribution in [0, 0.1) is 29.5 Å². The summed E-state index contributed by atoms with van der Waals surface area (Å²) in [6, 6.07) is 25.0. The summed E-state index contributed by atoms with van der Waals surface area (Å²) in [5.74, 6) is -11.0. The van der Waals surface area contributed by atoms with E-state index in [1.807, 2.05) is 30.3 Å². The molecule has 6 atom stereocenters. The highest BCUT2D eigenvalue weighted by Gasteiger charge is 2.70. The average molecular weight is 904 g/mol. The first-order valence-corrected chi connectivity index (χ1v) is 20.3. The van der Waals surface area contributed by atoms with E-state index in [0.29, 0.717) is 22.6 Å². The van der Waals surface area contributed by atoms with E-state index < -0.39 is 93.6 Å². The third-order valence-electron chi connectivity index (χ3n) is 12.6. The van der Waals surface area contributed by atoms with Crippen molar-refractivity contribution in [2.45, 2.75) is 43.1 Å². The van der Waals surface area contributed by atoms with E-state index >= 15 is 4.79 Å². The molecule has 9 rings (SSSR count). The smallest absolute Gasteiger partial charge is 0.416 e. The maximum absolute atomic E-state index is 15.4. The van der Waals surface area contributed by atoms with Crippen molar-refractivity contribution < 1.29 is 59.8 Å². The van der Waals surface area contributed by atoms with Gasteiger partial charge in [0.1, 0.15) is 23.9 Å². The van der Waals surface area contributed by atoms with Gasteiger partial charge in [0.15, 0.2) is 0 Å². The largest absolute Gasteiger partial charge is 0.508 e. The number of imide groups is 2. The molecule has 3 fully saturated rings. The zero-order chi connectivity index (χ0) is 45.5. The summed E-state index contributed by atoms with van der Waals surface area (Å²) in [5, 5.41) is 13.0. The summed E-state index contributed by atoms with van der Waals surface area (Å²) < 4.78 is 104. The molecule has 17 heteroatoms. The molecule has 0 spiro atoms. The number of hydrogen-bond donors (Lipinski definition) is 2. The van der Waals surface area contributed by atoms with Crippen LogP contribution >= 0.6 is 11.6 Å². The van der Waals surface area contributed by atoms with Crippen molar-refractivity contribution in [2.75, 3.05) is 10.3 Å².